The molecule has 0 aliphatic rings. The van der Waals surface area contributed by atoms with Crippen LogP contribution in [0, 0.1) is 0 Å². The van der Waals surface area contributed by atoms with Crippen LogP contribution in [0.2, 0.25) is 0 Å². The summed E-state index contributed by atoms with van der Waals surface area (Å²) in [7, 11) is 0. The minimum Gasteiger partial charge on any atom is -0.325 e. The van der Waals surface area contributed by atoms with Gasteiger partial charge in [0.15, 0.2) is 0 Å². The number of benzene rings is 1. The molecule has 74 valence electrons. The fourth-order valence-corrected chi connectivity index (χ4v) is 1.83. The zero-order valence-electron chi connectivity index (χ0n) is 7.51. The van der Waals surface area contributed by atoms with Crippen LogP contribution in [0.15, 0.2) is 35.7 Å². The number of nitrogens with zero attached hydrogens (tertiary/aromatic N) is 1. The van der Waals surface area contributed by atoms with Crippen molar-refractivity contribution in [3.05, 3.63) is 40.7 Å². The molecule has 4 heteroatoms. The summed E-state index contributed by atoms with van der Waals surface area (Å²) in [5.41, 5.74) is 7.66. The molecule has 0 atom stereocenters. The van der Waals surface area contributed by atoms with Gasteiger partial charge in [0.05, 0.1) is 5.69 Å². The Balaban J connectivity index is 0.000000980. The highest BCUT2D eigenvalue weighted by atomic mass is 35.5. The van der Waals surface area contributed by atoms with E-state index in [0.29, 0.717) is 6.54 Å². The molecule has 0 unspecified atom stereocenters. The van der Waals surface area contributed by atoms with E-state index in [2.05, 4.69) is 17.1 Å². The molecule has 0 spiro atoms. The maximum Gasteiger partial charge on any atom is 0.107 e. The van der Waals surface area contributed by atoms with Gasteiger partial charge in [-0.05, 0) is 0 Å². The number of rotatable bonds is 2. The van der Waals surface area contributed by atoms with Crippen LogP contribution >= 0.6 is 23.7 Å². The first-order valence-electron chi connectivity index (χ1n) is 4.10. The number of halogens is 1. The van der Waals surface area contributed by atoms with Crippen LogP contribution in [0.5, 0.6) is 0 Å². The molecule has 0 bridgehead atoms. The maximum atomic E-state index is 5.49. The summed E-state index contributed by atoms with van der Waals surface area (Å²) >= 11 is 1.61. The second-order valence-electron chi connectivity index (χ2n) is 2.70. The molecule has 0 radical (unpaired) electrons. The van der Waals surface area contributed by atoms with Gasteiger partial charge in [-0.1, -0.05) is 30.3 Å². The topological polar surface area (TPSA) is 38.9 Å². The SMILES string of the molecule is Cl.NCc1nc(-c2ccccc2)cs1. The molecular formula is C10H11ClN2S. The van der Waals surface area contributed by atoms with Gasteiger partial charge < -0.3 is 5.73 Å². The standard InChI is InChI=1S/C10H10N2S.ClH/c11-6-10-12-9(7-13-10)8-4-2-1-3-5-8;/h1-5,7H,6,11H2;1H. The summed E-state index contributed by atoms with van der Waals surface area (Å²) < 4.78 is 0. The Hall–Kier alpha value is -0.900. The fourth-order valence-electron chi connectivity index (χ4n) is 1.15. The van der Waals surface area contributed by atoms with Gasteiger partial charge in [-0.3, -0.25) is 0 Å². The third-order valence-corrected chi connectivity index (χ3v) is 2.67. The molecular weight excluding hydrogens is 216 g/mol. The average molecular weight is 227 g/mol. The fraction of sp³-hybridized carbons (Fsp3) is 0.100. The highest BCUT2D eigenvalue weighted by Crippen LogP contribution is 2.20. The van der Waals surface area contributed by atoms with Gasteiger partial charge in [-0.15, -0.1) is 23.7 Å². The lowest BCUT2D eigenvalue weighted by Gasteiger charge is -1.93. The minimum absolute atomic E-state index is 0. The number of hydrogen-bond acceptors (Lipinski definition) is 3. The third kappa shape index (κ3) is 2.32. The molecule has 0 fully saturated rings. The van der Waals surface area contributed by atoms with Crippen LogP contribution in [0.1, 0.15) is 5.01 Å². The predicted octanol–water partition coefficient (Wildman–Crippen LogP) is 2.69. The van der Waals surface area contributed by atoms with Crippen LogP contribution in [-0.4, -0.2) is 4.98 Å². The van der Waals surface area contributed by atoms with E-state index in [1.807, 2.05) is 23.6 Å². The third-order valence-electron chi connectivity index (χ3n) is 1.80. The Morgan fingerprint density at radius 2 is 1.93 bits per heavy atom. The molecule has 14 heavy (non-hydrogen) atoms. The Kier molecular flexibility index (Phi) is 4.07. The number of nitrogens with two attached hydrogens (primary N) is 1. The van der Waals surface area contributed by atoms with Crippen molar-refractivity contribution in [1.82, 2.24) is 4.98 Å². The number of thiazole rings is 1. The smallest absolute Gasteiger partial charge is 0.107 e. The summed E-state index contributed by atoms with van der Waals surface area (Å²) in [4.78, 5) is 4.39. The van der Waals surface area contributed by atoms with E-state index >= 15 is 0 Å². The quantitative estimate of drug-likeness (QED) is 0.855. The van der Waals surface area contributed by atoms with E-state index in [1.54, 1.807) is 11.3 Å². The van der Waals surface area contributed by atoms with E-state index in [0.717, 1.165) is 16.3 Å². The molecule has 0 saturated carbocycles. The lowest BCUT2D eigenvalue weighted by atomic mass is 10.2. The number of aromatic nitrogens is 1. The van der Waals surface area contributed by atoms with Crippen LogP contribution in [0.3, 0.4) is 0 Å². The number of hydrogen-bond donors (Lipinski definition) is 1. The molecule has 0 aliphatic heterocycles. The summed E-state index contributed by atoms with van der Waals surface area (Å²) in [6.07, 6.45) is 0. The van der Waals surface area contributed by atoms with Crippen molar-refractivity contribution in [2.24, 2.45) is 5.73 Å². The predicted molar refractivity (Wildman–Crippen MR) is 62.7 cm³/mol. The monoisotopic (exact) mass is 226 g/mol. The molecule has 1 heterocycles. The van der Waals surface area contributed by atoms with E-state index in [-0.39, 0.29) is 12.4 Å². The first-order chi connectivity index (χ1) is 6.40. The largest absolute Gasteiger partial charge is 0.325 e. The van der Waals surface area contributed by atoms with Crippen LogP contribution < -0.4 is 5.73 Å². The average Bonchev–Trinajstić information content (AvgIpc) is 2.67. The van der Waals surface area contributed by atoms with E-state index < -0.39 is 0 Å². The van der Waals surface area contributed by atoms with Crippen molar-refractivity contribution < 1.29 is 0 Å². The molecule has 2 rings (SSSR count). The maximum absolute atomic E-state index is 5.49. The highest BCUT2D eigenvalue weighted by molar-refractivity contribution is 7.09. The summed E-state index contributed by atoms with van der Waals surface area (Å²) in [6, 6.07) is 10.1. The van der Waals surface area contributed by atoms with Crippen LogP contribution in [0.25, 0.3) is 11.3 Å². The summed E-state index contributed by atoms with van der Waals surface area (Å²) in [5.74, 6) is 0. The molecule has 1 aromatic carbocycles. The Labute approximate surface area is 93.2 Å². The van der Waals surface area contributed by atoms with E-state index in [9.17, 15) is 0 Å². The molecule has 2 nitrogen and oxygen atoms in total. The van der Waals surface area contributed by atoms with Crippen LogP contribution in [-0.2, 0) is 6.54 Å². The van der Waals surface area contributed by atoms with E-state index in [4.69, 9.17) is 5.73 Å². The van der Waals surface area contributed by atoms with Gasteiger partial charge in [0.25, 0.3) is 0 Å². The Morgan fingerprint density at radius 3 is 2.50 bits per heavy atom. The van der Waals surface area contributed by atoms with Gasteiger partial charge in [-0.2, -0.15) is 0 Å². The first-order valence-corrected chi connectivity index (χ1v) is 4.98. The van der Waals surface area contributed by atoms with Crippen molar-refractivity contribution in [3.8, 4) is 11.3 Å². The van der Waals surface area contributed by atoms with Crippen molar-refractivity contribution in [2.45, 2.75) is 6.54 Å². The van der Waals surface area contributed by atoms with Gasteiger partial charge in [0, 0.05) is 17.5 Å². The zero-order chi connectivity index (χ0) is 9.10. The molecule has 0 amide bonds. The highest BCUT2D eigenvalue weighted by Gasteiger charge is 2.01. The van der Waals surface area contributed by atoms with Gasteiger partial charge >= 0.3 is 0 Å². The van der Waals surface area contributed by atoms with Crippen molar-refractivity contribution in [3.63, 3.8) is 0 Å². The van der Waals surface area contributed by atoms with Gasteiger partial charge in [0.2, 0.25) is 0 Å². The van der Waals surface area contributed by atoms with Gasteiger partial charge in [-0.25, -0.2) is 4.98 Å². The molecule has 2 N–H and O–H groups in total. The lowest BCUT2D eigenvalue weighted by Crippen LogP contribution is -1.94. The second-order valence-corrected chi connectivity index (χ2v) is 3.64. The summed E-state index contributed by atoms with van der Waals surface area (Å²) in [5, 5.41) is 3.02. The lowest BCUT2D eigenvalue weighted by molar-refractivity contribution is 1.04. The molecule has 0 saturated heterocycles. The Bertz CT molecular complexity index is 386. The molecule has 2 aromatic rings. The minimum atomic E-state index is 0. The normalized spacial score (nSPS) is 9.50. The van der Waals surface area contributed by atoms with Gasteiger partial charge in [0.1, 0.15) is 5.01 Å². The van der Waals surface area contributed by atoms with Crippen molar-refractivity contribution in [1.29, 1.82) is 0 Å². The van der Waals surface area contributed by atoms with Crippen molar-refractivity contribution >= 4 is 23.7 Å². The Morgan fingerprint density at radius 1 is 1.21 bits per heavy atom. The summed E-state index contributed by atoms with van der Waals surface area (Å²) in [6.45, 7) is 0.525. The van der Waals surface area contributed by atoms with Crippen LogP contribution in [0.4, 0.5) is 0 Å². The second kappa shape index (κ2) is 5.10. The zero-order valence-corrected chi connectivity index (χ0v) is 9.15. The molecule has 0 aliphatic carbocycles. The molecule has 1 aromatic heterocycles. The van der Waals surface area contributed by atoms with E-state index in [1.165, 1.54) is 0 Å². The first kappa shape index (κ1) is 11.2. The van der Waals surface area contributed by atoms with Crippen molar-refractivity contribution in [2.75, 3.05) is 0 Å².